The number of carbonyl (C=O) groups is 1. The molecule has 0 spiro atoms. The summed E-state index contributed by atoms with van der Waals surface area (Å²) < 4.78 is 14.6. The van der Waals surface area contributed by atoms with Crippen molar-refractivity contribution in [2.24, 2.45) is 28.6 Å². The number of nitrogens with zero attached hydrogens (tertiary/aromatic N) is 1. The average Bonchev–Trinajstić information content (AvgIpc) is 2.71. The van der Waals surface area contributed by atoms with Crippen molar-refractivity contribution in [2.75, 3.05) is 7.05 Å². The number of aliphatic hydroxyl groups is 1. The van der Waals surface area contributed by atoms with E-state index in [2.05, 4.69) is 19.9 Å². The number of alkyl halides is 1. The van der Waals surface area contributed by atoms with E-state index in [1.807, 2.05) is 11.9 Å². The van der Waals surface area contributed by atoms with Gasteiger partial charge >= 0.3 is 0 Å². The zero-order chi connectivity index (χ0) is 17.5. The fourth-order valence-corrected chi connectivity index (χ4v) is 6.93. The SMILES string of the molecule is CN1C(=O)C=C[C@]2(C)C3CC[C@@]4(C)[C@@H](C[C@@H](F)[C@]4(C)O)C3CC[C@@H]12. The largest absolute Gasteiger partial charge is 0.387 e. The van der Waals surface area contributed by atoms with Gasteiger partial charge in [-0.05, 0) is 62.9 Å². The van der Waals surface area contributed by atoms with Crippen molar-refractivity contribution in [3.05, 3.63) is 12.2 Å². The predicted octanol–water partition coefficient (Wildman–Crippen LogP) is 3.32. The molecule has 1 aliphatic heterocycles. The summed E-state index contributed by atoms with van der Waals surface area (Å²) >= 11 is 0. The normalized spacial score (nSPS) is 56.7. The molecular weight excluding hydrogens is 305 g/mol. The highest BCUT2D eigenvalue weighted by Gasteiger charge is 2.66. The van der Waals surface area contributed by atoms with Gasteiger partial charge in [0.05, 0.1) is 5.60 Å². The first-order valence-corrected chi connectivity index (χ1v) is 9.45. The van der Waals surface area contributed by atoms with E-state index in [1.54, 1.807) is 13.0 Å². The van der Waals surface area contributed by atoms with Crippen molar-refractivity contribution in [1.82, 2.24) is 4.90 Å². The number of carbonyl (C=O) groups excluding carboxylic acids is 1. The number of likely N-dealkylation sites (N-methyl/N-ethyl adjacent to an activating group) is 1. The van der Waals surface area contributed by atoms with Gasteiger partial charge in [0, 0.05) is 23.9 Å². The van der Waals surface area contributed by atoms with Crippen molar-refractivity contribution in [2.45, 2.75) is 70.7 Å². The van der Waals surface area contributed by atoms with E-state index in [9.17, 15) is 14.3 Å². The lowest BCUT2D eigenvalue weighted by Crippen LogP contribution is -2.60. The van der Waals surface area contributed by atoms with E-state index >= 15 is 0 Å². The lowest BCUT2D eigenvalue weighted by molar-refractivity contribution is -0.151. The minimum atomic E-state index is -1.21. The third-order valence-corrected chi connectivity index (χ3v) is 8.74. The van der Waals surface area contributed by atoms with Crippen molar-refractivity contribution in [1.29, 1.82) is 0 Å². The third kappa shape index (κ3) is 1.79. The van der Waals surface area contributed by atoms with Crippen LogP contribution in [0.15, 0.2) is 12.2 Å². The van der Waals surface area contributed by atoms with Crippen LogP contribution in [-0.2, 0) is 4.79 Å². The van der Waals surface area contributed by atoms with E-state index in [4.69, 9.17) is 0 Å². The summed E-state index contributed by atoms with van der Waals surface area (Å²) in [5.74, 6) is 1.27. The number of halogens is 1. The zero-order valence-corrected chi connectivity index (χ0v) is 15.3. The van der Waals surface area contributed by atoms with E-state index in [-0.39, 0.29) is 28.7 Å². The molecule has 4 aliphatic rings. The second-order valence-corrected chi connectivity index (χ2v) is 9.43. The lowest BCUT2D eigenvalue weighted by atomic mass is 9.47. The number of hydrogen-bond acceptors (Lipinski definition) is 2. The van der Waals surface area contributed by atoms with Crippen LogP contribution in [0, 0.1) is 28.6 Å². The van der Waals surface area contributed by atoms with Crippen LogP contribution in [0.4, 0.5) is 4.39 Å². The van der Waals surface area contributed by atoms with Gasteiger partial charge in [-0.2, -0.15) is 0 Å². The van der Waals surface area contributed by atoms with Gasteiger partial charge in [0.25, 0.3) is 0 Å². The van der Waals surface area contributed by atoms with Crippen molar-refractivity contribution in [3.8, 4) is 0 Å². The minimum absolute atomic E-state index is 0.0207. The Labute approximate surface area is 144 Å². The Hall–Kier alpha value is -0.900. The molecule has 0 aromatic heterocycles. The topological polar surface area (TPSA) is 40.5 Å². The Morgan fingerprint density at radius 2 is 1.92 bits per heavy atom. The van der Waals surface area contributed by atoms with Gasteiger partial charge in [-0.25, -0.2) is 4.39 Å². The molecular formula is C20H30FNO2. The van der Waals surface area contributed by atoms with Gasteiger partial charge in [-0.1, -0.05) is 19.9 Å². The van der Waals surface area contributed by atoms with Crippen LogP contribution in [-0.4, -0.2) is 40.8 Å². The summed E-state index contributed by atoms with van der Waals surface area (Å²) in [6, 6.07) is 0.253. The smallest absolute Gasteiger partial charge is 0.246 e. The molecule has 0 aromatic rings. The van der Waals surface area contributed by atoms with Crippen LogP contribution in [0.5, 0.6) is 0 Å². The molecule has 3 nitrogen and oxygen atoms in total. The van der Waals surface area contributed by atoms with Gasteiger partial charge in [0.15, 0.2) is 0 Å². The molecule has 3 aliphatic carbocycles. The first-order chi connectivity index (χ1) is 11.1. The third-order valence-electron chi connectivity index (χ3n) is 8.74. The van der Waals surface area contributed by atoms with Gasteiger partial charge in [-0.3, -0.25) is 4.79 Å². The van der Waals surface area contributed by atoms with E-state index < -0.39 is 11.8 Å². The van der Waals surface area contributed by atoms with Gasteiger partial charge in [-0.15, -0.1) is 0 Å². The Morgan fingerprint density at radius 1 is 1.21 bits per heavy atom. The van der Waals surface area contributed by atoms with Crippen LogP contribution < -0.4 is 0 Å². The van der Waals surface area contributed by atoms with Crippen LogP contribution in [0.2, 0.25) is 0 Å². The van der Waals surface area contributed by atoms with Crippen LogP contribution >= 0.6 is 0 Å². The van der Waals surface area contributed by atoms with Crippen LogP contribution in [0.1, 0.15) is 52.9 Å². The molecule has 1 amide bonds. The fourth-order valence-electron chi connectivity index (χ4n) is 6.93. The first-order valence-electron chi connectivity index (χ1n) is 9.45. The molecule has 8 atom stereocenters. The number of fused-ring (bicyclic) bond motifs is 5. The van der Waals surface area contributed by atoms with Gasteiger partial charge in [0.2, 0.25) is 5.91 Å². The molecule has 3 fully saturated rings. The van der Waals surface area contributed by atoms with E-state index in [1.165, 1.54) is 0 Å². The Kier molecular flexibility index (Phi) is 3.34. The highest BCUT2D eigenvalue weighted by atomic mass is 19.1. The summed E-state index contributed by atoms with van der Waals surface area (Å²) in [5, 5.41) is 10.8. The molecule has 1 N–H and O–H groups in total. The second kappa shape index (κ2) is 4.84. The summed E-state index contributed by atoms with van der Waals surface area (Å²) in [7, 11) is 1.92. The van der Waals surface area contributed by atoms with Crippen molar-refractivity contribution in [3.63, 3.8) is 0 Å². The summed E-state index contributed by atoms with van der Waals surface area (Å²) in [6.45, 7) is 6.10. The molecule has 0 saturated heterocycles. The summed E-state index contributed by atoms with van der Waals surface area (Å²) in [6.07, 6.45) is 7.15. The van der Waals surface area contributed by atoms with E-state index in [0.29, 0.717) is 18.3 Å². The summed E-state index contributed by atoms with van der Waals surface area (Å²) in [5.41, 5.74) is -1.56. The zero-order valence-electron chi connectivity index (χ0n) is 15.3. The molecule has 0 aromatic carbocycles. The Morgan fingerprint density at radius 3 is 2.62 bits per heavy atom. The second-order valence-electron chi connectivity index (χ2n) is 9.43. The van der Waals surface area contributed by atoms with Crippen LogP contribution in [0.3, 0.4) is 0 Å². The predicted molar refractivity (Wildman–Crippen MR) is 91.0 cm³/mol. The maximum atomic E-state index is 14.6. The highest BCUT2D eigenvalue weighted by molar-refractivity contribution is 5.89. The molecule has 134 valence electrons. The van der Waals surface area contributed by atoms with Gasteiger partial charge in [0.1, 0.15) is 6.17 Å². The molecule has 4 heteroatoms. The molecule has 1 heterocycles. The molecule has 2 unspecified atom stereocenters. The average molecular weight is 335 g/mol. The minimum Gasteiger partial charge on any atom is -0.387 e. The Balaban J connectivity index is 1.71. The quantitative estimate of drug-likeness (QED) is 0.738. The number of amides is 1. The molecule has 0 bridgehead atoms. The highest BCUT2D eigenvalue weighted by Crippen LogP contribution is 2.66. The number of hydrogen-bond donors (Lipinski definition) is 1. The van der Waals surface area contributed by atoms with Crippen molar-refractivity contribution >= 4 is 5.91 Å². The molecule has 3 saturated carbocycles. The monoisotopic (exact) mass is 335 g/mol. The van der Waals surface area contributed by atoms with E-state index in [0.717, 1.165) is 25.7 Å². The first kappa shape index (κ1) is 16.6. The maximum Gasteiger partial charge on any atom is 0.246 e. The standard InChI is InChI=1S/C20H30FNO2/c1-18-9-8-17(23)22(4)16(18)6-5-12-13(18)7-10-19(2)14(12)11-15(21)20(19,3)24/h8-9,12-16,24H,5-7,10-11H2,1-4H3/t12?,13?,14-,15+,16+,18+,19-,20-/m0/s1. The summed E-state index contributed by atoms with van der Waals surface area (Å²) in [4.78, 5) is 14.0. The maximum absolute atomic E-state index is 14.6. The lowest BCUT2D eigenvalue weighted by Gasteiger charge is -2.60. The van der Waals surface area contributed by atoms with Crippen molar-refractivity contribution < 1.29 is 14.3 Å². The molecule has 4 rings (SSSR count). The molecule has 0 radical (unpaired) electrons. The van der Waals surface area contributed by atoms with Crippen LogP contribution in [0.25, 0.3) is 0 Å². The molecule has 24 heavy (non-hydrogen) atoms. The van der Waals surface area contributed by atoms with Gasteiger partial charge < -0.3 is 10.0 Å². The fraction of sp³-hybridized carbons (Fsp3) is 0.850. The number of rotatable bonds is 0. The Bertz CT molecular complexity index is 602.